The molecule has 0 bridgehead atoms. The predicted molar refractivity (Wildman–Crippen MR) is 77.2 cm³/mol. The molecule has 0 spiro atoms. The Hall–Kier alpha value is -1.34. The maximum absolute atomic E-state index is 12.4. The molecule has 0 saturated carbocycles. The lowest BCUT2D eigenvalue weighted by Gasteiger charge is -2.39. The fraction of sp³-hybridized carbons (Fsp3) is 0.857. The second kappa shape index (κ2) is 7.61. The Balaban J connectivity index is 1.74. The van der Waals surface area contributed by atoms with Crippen molar-refractivity contribution >= 4 is 12.0 Å². The van der Waals surface area contributed by atoms with Gasteiger partial charge in [0.15, 0.2) is 0 Å². The first-order valence-corrected chi connectivity index (χ1v) is 7.57. The lowest BCUT2D eigenvalue weighted by Crippen LogP contribution is -2.54. The van der Waals surface area contributed by atoms with Crippen molar-refractivity contribution in [1.29, 1.82) is 0 Å². The van der Waals surface area contributed by atoms with E-state index in [0.717, 1.165) is 32.5 Å². The van der Waals surface area contributed by atoms with Gasteiger partial charge >= 0.3 is 12.0 Å². The van der Waals surface area contributed by atoms with E-state index in [4.69, 9.17) is 9.84 Å². The number of hydrogen-bond donors (Lipinski definition) is 1. The average Bonchev–Trinajstić information content (AvgIpc) is 2.48. The lowest BCUT2D eigenvalue weighted by atomic mass is 9.98. The first-order valence-electron chi connectivity index (χ1n) is 7.57. The molecule has 120 valence electrons. The summed E-state index contributed by atoms with van der Waals surface area (Å²) < 4.78 is 5.17. The second-order valence-electron chi connectivity index (χ2n) is 5.83. The Labute approximate surface area is 125 Å². The largest absolute Gasteiger partial charge is 0.480 e. The van der Waals surface area contributed by atoms with E-state index in [2.05, 4.69) is 0 Å². The normalized spacial score (nSPS) is 21.6. The molecule has 2 aliphatic rings. The number of carbonyl (C=O) groups is 2. The third-order valence-corrected chi connectivity index (χ3v) is 4.29. The molecule has 2 heterocycles. The molecule has 2 fully saturated rings. The Morgan fingerprint density at radius 2 is 1.62 bits per heavy atom. The topological polar surface area (TPSA) is 73.3 Å². The molecule has 0 aliphatic carbocycles. The number of carboxylic acids is 1. The molecule has 2 saturated heterocycles. The van der Waals surface area contributed by atoms with Crippen molar-refractivity contribution in [2.75, 3.05) is 59.5 Å². The number of urea groups is 1. The van der Waals surface area contributed by atoms with E-state index in [1.165, 1.54) is 0 Å². The number of nitrogens with zero attached hydrogens (tertiary/aromatic N) is 3. The van der Waals surface area contributed by atoms with E-state index in [9.17, 15) is 9.59 Å². The Morgan fingerprint density at radius 1 is 1.05 bits per heavy atom. The highest BCUT2D eigenvalue weighted by Gasteiger charge is 2.28. The average molecular weight is 299 g/mol. The molecule has 0 radical (unpaired) electrons. The zero-order valence-corrected chi connectivity index (χ0v) is 12.7. The number of carboxylic acid groups (broad SMARTS) is 1. The minimum atomic E-state index is -0.810. The molecule has 7 heteroatoms. The summed E-state index contributed by atoms with van der Waals surface area (Å²) in [4.78, 5) is 28.7. The van der Waals surface area contributed by atoms with Crippen molar-refractivity contribution < 1.29 is 19.4 Å². The zero-order valence-electron chi connectivity index (χ0n) is 12.7. The minimum absolute atomic E-state index is 0.0600. The van der Waals surface area contributed by atoms with E-state index >= 15 is 0 Å². The molecular weight excluding hydrogens is 274 g/mol. The van der Waals surface area contributed by atoms with Gasteiger partial charge in [-0.1, -0.05) is 0 Å². The quantitative estimate of drug-likeness (QED) is 0.801. The van der Waals surface area contributed by atoms with Crippen molar-refractivity contribution in [2.45, 2.75) is 12.8 Å². The number of rotatable bonds is 4. The maximum atomic E-state index is 12.4. The van der Waals surface area contributed by atoms with Crippen LogP contribution in [0.15, 0.2) is 0 Å². The van der Waals surface area contributed by atoms with Crippen molar-refractivity contribution in [2.24, 2.45) is 5.92 Å². The van der Waals surface area contributed by atoms with E-state index in [0.29, 0.717) is 32.1 Å². The summed E-state index contributed by atoms with van der Waals surface area (Å²) in [6, 6.07) is 0.0980. The van der Waals surface area contributed by atoms with Crippen molar-refractivity contribution in [1.82, 2.24) is 14.7 Å². The Morgan fingerprint density at radius 3 is 2.14 bits per heavy atom. The Bertz CT molecular complexity index is 361. The van der Waals surface area contributed by atoms with Crippen LogP contribution in [-0.2, 0) is 9.53 Å². The number of piperazine rings is 1. The van der Waals surface area contributed by atoms with Gasteiger partial charge in [0.2, 0.25) is 0 Å². The number of aliphatic carboxylic acids is 1. The lowest BCUT2D eigenvalue weighted by molar-refractivity contribution is -0.138. The number of likely N-dealkylation sites (tertiary alicyclic amines) is 1. The minimum Gasteiger partial charge on any atom is -0.480 e. The molecule has 0 aromatic rings. The van der Waals surface area contributed by atoms with Crippen molar-refractivity contribution in [3.63, 3.8) is 0 Å². The van der Waals surface area contributed by atoms with Gasteiger partial charge in [-0.25, -0.2) is 4.79 Å². The van der Waals surface area contributed by atoms with Gasteiger partial charge in [-0.3, -0.25) is 9.69 Å². The molecule has 21 heavy (non-hydrogen) atoms. The SMILES string of the molecule is COCC1CCN(C(=O)N2CCN(CC(=O)O)CC2)CC1. The van der Waals surface area contributed by atoms with Gasteiger partial charge in [0.1, 0.15) is 0 Å². The molecule has 0 aromatic heterocycles. The fourth-order valence-electron chi connectivity index (χ4n) is 3.02. The van der Waals surface area contributed by atoms with Crippen LogP contribution in [0.4, 0.5) is 4.79 Å². The summed E-state index contributed by atoms with van der Waals surface area (Å²) in [6.07, 6.45) is 2.00. The summed E-state index contributed by atoms with van der Waals surface area (Å²) in [5.41, 5.74) is 0. The van der Waals surface area contributed by atoms with Gasteiger partial charge < -0.3 is 19.6 Å². The number of ether oxygens (including phenoxy) is 1. The van der Waals surface area contributed by atoms with Gasteiger partial charge in [-0.2, -0.15) is 0 Å². The van der Waals surface area contributed by atoms with Gasteiger partial charge in [-0.05, 0) is 18.8 Å². The summed E-state index contributed by atoms with van der Waals surface area (Å²) in [7, 11) is 1.72. The number of hydrogen-bond acceptors (Lipinski definition) is 4. The zero-order chi connectivity index (χ0) is 15.2. The summed E-state index contributed by atoms with van der Waals surface area (Å²) in [5, 5.41) is 8.77. The first-order chi connectivity index (χ1) is 10.1. The van der Waals surface area contributed by atoms with E-state index in [-0.39, 0.29) is 12.6 Å². The van der Waals surface area contributed by atoms with Gasteiger partial charge in [0.05, 0.1) is 6.54 Å². The number of carbonyl (C=O) groups excluding carboxylic acids is 1. The smallest absolute Gasteiger partial charge is 0.320 e. The highest BCUT2D eigenvalue weighted by atomic mass is 16.5. The molecule has 2 amide bonds. The monoisotopic (exact) mass is 299 g/mol. The molecule has 7 nitrogen and oxygen atoms in total. The highest BCUT2D eigenvalue weighted by Crippen LogP contribution is 2.19. The van der Waals surface area contributed by atoms with Crippen LogP contribution < -0.4 is 0 Å². The molecule has 0 aromatic carbocycles. The molecule has 2 aliphatic heterocycles. The van der Waals surface area contributed by atoms with E-state index in [1.54, 1.807) is 7.11 Å². The second-order valence-corrected chi connectivity index (χ2v) is 5.83. The third kappa shape index (κ3) is 4.57. The number of piperidine rings is 1. The molecular formula is C14H25N3O4. The van der Waals surface area contributed by atoms with Crippen LogP contribution in [0.5, 0.6) is 0 Å². The standard InChI is InChI=1S/C14H25N3O4/c1-21-11-12-2-4-16(5-3-12)14(20)17-8-6-15(7-9-17)10-13(18)19/h12H,2-11H2,1H3,(H,18,19). The molecule has 0 atom stereocenters. The number of methoxy groups -OCH3 is 1. The first kappa shape index (κ1) is 16.0. The summed E-state index contributed by atoms with van der Waals surface area (Å²) in [6.45, 7) is 4.93. The Kier molecular flexibility index (Phi) is 5.81. The van der Waals surface area contributed by atoms with Crippen LogP contribution in [0.1, 0.15) is 12.8 Å². The third-order valence-electron chi connectivity index (χ3n) is 4.29. The predicted octanol–water partition coefficient (Wildman–Crippen LogP) is 0.167. The van der Waals surface area contributed by atoms with Crippen LogP contribution in [0.25, 0.3) is 0 Å². The van der Waals surface area contributed by atoms with Crippen LogP contribution in [-0.4, -0.2) is 91.3 Å². The van der Waals surface area contributed by atoms with Crippen LogP contribution in [0, 0.1) is 5.92 Å². The van der Waals surface area contributed by atoms with Gasteiger partial charge in [0, 0.05) is 53.0 Å². The van der Waals surface area contributed by atoms with E-state index < -0.39 is 5.97 Å². The fourth-order valence-corrected chi connectivity index (χ4v) is 3.02. The highest BCUT2D eigenvalue weighted by molar-refractivity contribution is 5.74. The summed E-state index contributed by atoms with van der Waals surface area (Å²) in [5.74, 6) is -0.249. The van der Waals surface area contributed by atoms with E-state index in [1.807, 2.05) is 14.7 Å². The van der Waals surface area contributed by atoms with Crippen molar-refractivity contribution in [3.05, 3.63) is 0 Å². The maximum Gasteiger partial charge on any atom is 0.320 e. The van der Waals surface area contributed by atoms with Gasteiger partial charge in [-0.15, -0.1) is 0 Å². The molecule has 0 unspecified atom stereocenters. The van der Waals surface area contributed by atoms with Crippen LogP contribution in [0.3, 0.4) is 0 Å². The van der Waals surface area contributed by atoms with Gasteiger partial charge in [0.25, 0.3) is 0 Å². The number of amides is 2. The van der Waals surface area contributed by atoms with Crippen LogP contribution in [0.2, 0.25) is 0 Å². The molecule has 2 rings (SSSR count). The summed E-state index contributed by atoms with van der Waals surface area (Å²) >= 11 is 0. The van der Waals surface area contributed by atoms with Crippen molar-refractivity contribution in [3.8, 4) is 0 Å². The molecule has 1 N–H and O–H groups in total. The van der Waals surface area contributed by atoms with Crippen LogP contribution >= 0.6 is 0 Å².